The Bertz CT molecular complexity index is 164. The summed E-state index contributed by atoms with van der Waals surface area (Å²) in [5.41, 5.74) is 5.90. The molecule has 0 aromatic rings. The molecule has 1 unspecified atom stereocenters. The van der Waals surface area contributed by atoms with Gasteiger partial charge in [-0.1, -0.05) is 26.0 Å². The molecule has 0 radical (unpaired) electrons. The summed E-state index contributed by atoms with van der Waals surface area (Å²) in [5.74, 6) is 0.692. The van der Waals surface area contributed by atoms with Crippen LogP contribution >= 0.6 is 0 Å². The van der Waals surface area contributed by atoms with Crippen LogP contribution in [-0.4, -0.2) is 18.6 Å². The Morgan fingerprint density at radius 1 is 1.43 bits per heavy atom. The quantitative estimate of drug-likeness (QED) is 0.486. The van der Waals surface area contributed by atoms with Crippen molar-refractivity contribution >= 4 is 0 Å². The largest absolute Gasteiger partial charge is 0.329 e. The third-order valence-electron chi connectivity index (χ3n) is 2.41. The molecule has 0 amide bonds. The zero-order chi connectivity index (χ0) is 11.0. The topological polar surface area (TPSA) is 38.0 Å². The van der Waals surface area contributed by atoms with E-state index in [1.54, 1.807) is 0 Å². The lowest BCUT2D eigenvalue weighted by Gasteiger charge is -2.31. The summed E-state index contributed by atoms with van der Waals surface area (Å²) in [7, 11) is 0. The van der Waals surface area contributed by atoms with E-state index in [9.17, 15) is 0 Å². The van der Waals surface area contributed by atoms with Crippen LogP contribution in [0.4, 0.5) is 0 Å². The zero-order valence-electron chi connectivity index (χ0n) is 10.1. The molecular weight excluding hydrogens is 172 g/mol. The van der Waals surface area contributed by atoms with Crippen LogP contribution in [0.1, 0.15) is 40.5 Å². The monoisotopic (exact) mass is 198 g/mol. The first kappa shape index (κ1) is 13.7. The van der Waals surface area contributed by atoms with Crippen molar-refractivity contribution in [1.82, 2.24) is 5.32 Å². The van der Waals surface area contributed by atoms with E-state index >= 15 is 0 Å². The van der Waals surface area contributed by atoms with Crippen molar-refractivity contribution in [2.75, 3.05) is 13.1 Å². The van der Waals surface area contributed by atoms with E-state index in [0.29, 0.717) is 12.5 Å². The van der Waals surface area contributed by atoms with E-state index in [4.69, 9.17) is 5.73 Å². The third-order valence-corrected chi connectivity index (χ3v) is 2.41. The van der Waals surface area contributed by atoms with Gasteiger partial charge in [0.25, 0.3) is 0 Å². The molecule has 14 heavy (non-hydrogen) atoms. The van der Waals surface area contributed by atoms with Crippen molar-refractivity contribution in [3.63, 3.8) is 0 Å². The van der Waals surface area contributed by atoms with Gasteiger partial charge in [0.2, 0.25) is 0 Å². The third kappa shape index (κ3) is 6.17. The highest BCUT2D eigenvalue weighted by atomic mass is 15.0. The van der Waals surface area contributed by atoms with Crippen LogP contribution in [-0.2, 0) is 0 Å². The Morgan fingerprint density at radius 3 is 2.50 bits per heavy atom. The van der Waals surface area contributed by atoms with Crippen molar-refractivity contribution in [3.05, 3.63) is 12.2 Å². The maximum Gasteiger partial charge on any atom is 0.0278 e. The van der Waals surface area contributed by atoms with Crippen LogP contribution in [0.2, 0.25) is 0 Å². The van der Waals surface area contributed by atoms with Crippen molar-refractivity contribution in [1.29, 1.82) is 0 Å². The number of hydrogen-bond donors (Lipinski definition) is 2. The molecule has 2 nitrogen and oxygen atoms in total. The van der Waals surface area contributed by atoms with E-state index in [1.807, 2.05) is 0 Å². The Hall–Kier alpha value is -0.340. The lowest BCUT2D eigenvalue weighted by molar-refractivity contribution is 0.302. The number of hydrogen-bond acceptors (Lipinski definition) is 2. The van der Waals surface area contributed by atoms with Gasteiger partial charge in [-0.25, -0.2) is 0 Å². The van der Waals surface area contributed by atoms with Crippen molar-refractivity contribution in [3.8, 4) is 0 Å². The van der Waals surface area contributed by atoms with Crippen LogP contribution in [0.3, 0.4) is 0 Å². The molecule has 0 saturated heterocycles. The van der Waals surface area contributed by atoms with Gasteiger partial charge >= 0.3 is 0 Å². The van der Waals surface area contributed by atoms with E-state index < -0.39 is 0 Å². The van der Waals surface area contributed by atoms with Gasteiger partial charge in [-0.05, 0) is 39.2 Å². The molecule has 0 aliphatic heterocycles. The van der Waals surface area contributed by atoms with E-state index in [2.05, 4.69) is 45.2 Å². The minimum absolute atomic E-state index is 0.107. The molecule has 0 bridgehead atoms. The van der Waals surface area contributed by atoms with Crippen LogP contribution in [0.15, 0.2) is 12.2 Å². The first-order chi connectivity index (χ1) is 6.54. The Balaban J connectivity index is 3.86. The minimum atomic E-state index is 0.107. The fourth-order valence-corrected chi connectivity index (χ4v) is 1.75. The Morgan fingerprint density at radius 2 is 2.07 bits per heavy atom. The van der Waals surface area contributed by atoms with Crippen LogP contribution in [0, 0.1) is 5.92 Å². The highest BCUT2D eigenvalue weighted by molar-refractivity contribution is 4.87. The lowest BCUT2D eigenvalue weighted by Crippen LogP contribution is -2.49. The van der Waals surface area contributed by atoms with Gasteiger partial charge in [-0.2, -0.15) is 0 Å². The molecule has 84 valence electrons. The number of allylic oxidation sites excluding steroid dienone is 1. The molecule has 0 saturated carbocycles. The number of nitrogens with two attached hydrogens (primary N) is 1. The standard InChI is InChI=1S/C12H26N2/c1-5-6-7-8-14-12(4,10-13)9-11(2)3/h5-6,11,14H,7-10,13H2,1-4H3/b6-5+. The smallest absolute Gasteiger partial charge is 0.0278 e. The molecule has 0 aliphatic rings. The highest BCUT2D eigenvalue weighted by Gasteiger charge is 2.22. The van der Waals surface area contributed by atoms with Gasteiger partial charge in [0.05, 0.1) is 0 Å². The summed E-state index contributed by atoms with van der Waals surface area (Å²) >= 11 is 0. The van der Waals surface area contributed by atoms with Crippen LogP contribution in [0.5, 0.6) is 0 Å². The van der Waals surface area contributed by atoms with Gasteiger partial charge in [0, 0.05) is 12.1 Å². The normalized spacial score (nSPS) is 16.4. The second-order valence-corrected chi connectivity index (χ2v) is 4.65. The zero-order valence-corrected chi connectivity index (χ0v) is 10.1. The van der Waals surface area contributed by atoms with E-state index in [-0.39, 0.29) is 5.54 Å². The van der Waals surface area contributed by atoms with Gasteiger partial charge in [0.15, 0.2) is 0 Å². The molecule has 0 spiro atoms. The molecule has 0 fully saturated rings. The summed E-state index contributed by atoms with van der Waals surface area (Å²) in [6.07, 6.45) is 6.49. The van der Waals surface area contributed by atoms with Gasteiger partial charge in [-0.3, -0.25) is 0 Å². The summed E-state index contributed by atoms with van der Waals surface area (Å²) < 4.78 is 0. The predicted molar refractivity (Wildman–Crippen MR) is 64.3 cm³/mol. The summed E-state index contributed by atoms with van der Waals surface area (Å²) in [4.78, 5) is 0. The van der Waals surface area contributed by atoms with Crippen LogP contribution in [0.25, 0.3) is 0 Å². The summed E-state index contributed by atoms with van der Waals surface area (Å²) in [5, 5.41) is 3.54. The molecule has 2 heteroatoms. The van der Waals surface area contributed by atoms with Crippen molar-refractivity contribution < 1.29 is 0 Å². The van der Waals surface area contributed by atoms with E-state index in [1.165, 1.54) is 0 Å². The maximum atomic E-state index is 5.79. The molecule has 0 aliphatic carbocycles. The fourth-order valence-electron chi connectivity index (χ4n) is 1.75. The lowest BCUT2D eigenvalue weighted by atomic mass is 9.91. The van der Waals surface area contributed by atoms with Gasteiger partial charge in [0.1, 0.15) is 0 Å². The average Bonchev–Trinajstić information content (AvgIpc) is 2.11. The maximum absolute atomic E-state index is 5.79. The number of rotatable bonds is 7. The highest BCUT2D eigenvalue weighted by Crippen LogP contribution is 2.14. The first-order valence-corrected chi connectivity index (χ1v) is 5.60. The SMILES string of the molecule is C/C=C/CCNC(C)(CN)CC(C)C. The second-order valence-electron chi connectivity index (χ2n) is 4.65. The van der Waals surface area contributed by atoms with Crippen molar-refractivity contribution in [2.45, 2.75) is 46.1 Å². The molecule has 0 aromatic carbocycles. The first-order valence-electron chi connectivity index (χ1n) is 5.60. The van der Waals surface area contributed by atoms with E-state index in [0.717, 1.165) is 19.4 Å². The molecule has 3 N–H and O–H groups in total. The van der Waals surface area contributed by atoms with Crippen LogP contribution < -0.4 is 11.1 Å². The second kappa shape index (κ2) is 7.02. The summed E-state index contributed by atoms with van der Waals surface area (Å²) in [6.45, 7) is 10.5. The average molecular weight is 198 g/mol. The predicted octanol–water partition coefficient (Wildman–Crippen LogP) is 2.31. The molecular formula is C12H26N2. The number of nitrogens with one attached hydrogen (secondary N) is 1. The fraction of sp³-hybridized carbons (Fsp3) is 0.833. The van der Waals surface area contributed by atoms with Gasteiger partial charge < -0.3 is 11.1 Å². The molecule has 0 aromatic heterocycles. The summed E-state index contributed by atoms with van der Waals surface area (Å²) in [6, 6.07) is 0. The van der Waals surface area contributed by atoms with Crippen molar-refractivity contribution in [2.24, 2.45) is 11.7 Å². The molecule has 1 atom stereocenters. The molecule has 0 heterocycles. The minimum Gasteiger partial charge on any atom is -0.329 e. The Labute approximate surface area is 89.0 Å². The Kier molecular flexibility index (Phi) is 6.85. The van der Waals surface area contributed by atoms with Gasteiger partial charge in [-0.15, -0.1) is 0 Å². The molecule has 0 rings (SSSR count).